The summed E-state index contributed by atoms with van der Waals surface area (Å²) in [5.41, 5.74) is 0. The maximum atomic E-state index is 9.57. The van der Waals surface area contributed by atoms with E-state index in [0.29, 0.717) is 17.9 Å². The van der Waals surface area contributed by atoms with E-state index in [2.05, 4.69) is 27.2 Å². The second-order valence-electron chi connectivity index (χ2n) is 7.16. The van der Waals surface area contributed by atoms with Gasteiger partial charge < -0.3 is 15.3 Å². The number of nitrogens with zero attached hydrogens (tertiary/aromatic N) is 3. The molecule has 0 spiro atoms. The van der Waals surface area contributed by atoms with Crippen molar-refractivity contribution in [3.8, 4) is 0 Å². The average molecular weight is 318 g/mol. The summed E-state index contributed by atoms with van der Waals surface area (Å²) < 4.78 is 0. The van der Waals surface area contributed by atoms with Gasteiger partial charge in [0.2, 0.25) is 5.95 Å². The van der Waals surface area contributed by atoms with Crippen LogP contribution in [-0.2, 0) is 0 Å². The highest BCUT2D eigenvalue weighted by atomic mass is 16.3. The molecule has 2 saturated carbocycles. The number of aromatic nitrogens is 2. The van der Waals surface area contributed by atoms with Crippen LogP contribution in [0.4, 0.5) is 11.8 Å². The average Bonchev–Trinajstić information content (AvgIpc) is 2.57. The molecule has 0 radical (unpaired) electrons. The number of aliphatic hydroxyl groups excluding tert-OH is 1. The van der Waals surface area contributed by atoms with Crippen molar-refractivity contribution in [1.29, 1.82) is 0 Å². The van der Waals surface area contributed by atoms with Crippen LogP contribution in [0, 0.1) is 11.8 Å². The Morgan fingerprint density at radius 1 is 1.22 bits per heavy atom. The van der Waals surface area contributed by atoms with Gasteiger partial charge >= 0.3 is 0 Å². The summed E-state index contributed by atoms with van der Waals surface area (Å²) in [6.45, 7) is 1.06. The Hall–Kier alpha value is -1.36. The predicted molar refractivity (Wildman–Crippen MR) is 93.7 cm³/mol. The minimum atomic E-state index is 0.261. The minimum absolute atomic E-state index is 0.261. The van der Waals surface area contributed by atoms with E-state index in [4.69, 9.17) is 0 Å². The second-order valence-corrected chi connectivity index (χ2v) is 7.16. The molecule has 3 rings (SSSR count). The lowest BCUT2D eigenvalue weighted by Crippen LogP contribution is -2.34. The highest BCUT2D eigenvalue weighted by Gasteiger charge is 2.26. The summed E-state index contributed by atoms with van der Waals surface area (Å²) in [4.78, 5) is 11.4. The van der Waals surface area contributed by atoms with Gasteiger partial charge in [-0.05, 0) is 24.8 Å². The molecule has 23 heavy (non-hydrogen) atoms. The molecular weight excluding hydrogens is 288 g/mol. The number of hydrogen-bond acceptors (Lipinski definition) is 5. The molecule has 1 heterocycles. The molecule has 0 saturated heterocycles. The molecule has 5 nitrogen and oxygen atoms in total. The van der Waals surface area contributed by atoms with E-state index in [0.717, 1.165) is 18.3 Å². The maximum Gasteiger partial charge on any atom is 0.227 e. The molecule has 2 fully saturated rings. The topological polar surface area (TPSA) is 61.3 Å². The second kappa shape index (κ2) is 7.95. The smallest absolute Gasteiger partial charge is 0.227 e. The van der Waals surface area contributed by atoms with Gasteiger partial charge in [-0.1, -0.05) is 38.5 Å². The first kappa shape index (κ1) is 16.5. The van der Waals surface area contributed by atoms with Crippen molar-refractivity contribution >= 4 is 11.8 Å². The molecule has 2 aliphatic rings. The standard InChI is InChI=1S/C18H30N4O/c1-22(16-8-3-2-4-9-16)18-19-11-10-17(21-18)20-12-15(13-23)14-6-5-7-14/h10-11,14-16,23H,2-9,12-13H2,1H3,(H,19,20,21). The molecule has 1 aromatic rings. The third-order valence-corrected chi connectivity index (χ3v) is 5.68. The lowest BCUT2D eigenvalue weighted by Gasteiger charge is -2.33. The largest absolute Gasteiger partial charge is 0.396 e. The van der Waals surface area contributed by atoms with Crippen LogP contribution in [-0.4, -0.2) is 41.3 Å². The van der Waals surface area contributed by atoms with E-state index in [-0.39, 0.29) is 6.61 Å². The van der Waals surface area contributed by atoms with Gasteiger partial charge in [0.05, 0.1) is 0 Å². The van der Waals surface area contributed by atoms with Crippen LogP contribution < -0.4 is 10.2 Å². The first-order valence-electron chi connectivity index (χ1n) is 9.18. The number of aliphatic hydroxyl groups is 1. The van der Waals surface area contributed by atoms with Crippen molar-refractivity contribution in [2.24, 2.45) is 11.8 Å². The third-order valence-electron chi connectivity index (χ3n) is 5.68. The molecule has 1 aromatic heterocycles. The summed E-state index contributed by atoms with van der Waals surface area (Å²) in [6.07, 6.45) is 12.1. The van der Waals surface area contributed by atoms with Crippen LogP contribution >= 0.6 is 0 Å². The summed E-state index contributed by atoms with van der Waals surface area (Å²) in [5.74, 6) is 2.71. The van der Waals surface area contributed by atoms with Crippen molar-refractivity contribution in [1.82, 2.24) is 9.97 Å². The highest BCUT2D eigenvalue weighted by molar-refractivity contribution is 5.41. The van der Waals surface area contributed by atoms with Crippen molar-refractivity contribution < 1.29 is 5.11 Å². The molecule has 0 bridgehead atoms. The Balaban J connectivity index is 1.57. The fourth-order valence-corrected chi connectivity index (χ4v) is 3.78. The van der Waals surface area contributed by atoms with Crippen molar-refractivity contribution in [3.05, 3.63) is 12.3 Å². The van der Waals surface area contributed by atoms with Crippen LogP contribution in [0.1, 0.15) is 51.4 Å². The molecule has 2 N–H and O–H groups in total. The first-order valence-corrected chi connectivity index (χ1v) is 9.18. The summed E-state index contributed by atoms with van der Waals surface area (Å²) >= 11 is 0. The number of anilines is 2. The molecule has 1 unspecified atom stereocenters. The van der Waals surface area contributed by atoms with Crippen LogP contribution in [0.2, 0.25) is 0 Å². The number of hydrogen-bond donors (Lipinski definition) is 2. The van der Waals surface area contributed by atoms with Crippen molar-refractivity contribution in [2.45, 2.75) is 57.4 Å². The molecule has 5 heteroatoms. The zero-order chi connectivity index (χ0) is 16.1. The zero-order valence-electron chi connectivity index (χ0n) is 14.2. The van der Waals surface area contributed by atoms with Gasteiger partial charge in [-0.2, -0.15) is 4.98 Å². The third kappa shape index (κ3) is 4.14. The van der Waals surface area contributed by atoms with Gasteiger partial charge in [-0.15, -0.1) is 0 Å². The highest BCUT2D eigenvalue weighted by Crippen LogP contribution is 2.33. The minimum Gasteiger partial charge on any atom is -0.396 e. The Morgan fingerprint density at radius 2 is 2.00 bits per heavy atom. The lowest BCUT2D eigenvalue weighted by molar-refractivity contribution is 0.132. The Kier molecular flexibility index (Phi) is 5.70. The summed E-state index contributed by atoms with van der Waals surface area (Å²) in [6, 6.07) is 2.49. The molecule has 0 amide bonds. The van der Waals surface area contributed by atoms with E-state index in [9.17, 15) is 5.11 Å². The normalized spacial score (nSPS) is 20.8. The number of rotatable bonds is 7. The SMILES string of the molecule is CN(c1nccc(NCC(CO)C2CCC2)n1)C1CCCCC1. The van der Waals surface area contributed by atoms with Gasteiger partial charge in [-0.25, -0.2) is 4.98 Å². The van der Waals surface area contributed by atoms with E-state index in [1.807, 2.05) is 12.3 Å². The van der Waals surface area contributed by atoms with Gasteiger partial charge in [0.25, 0.3) is 0 Å². The van der Waals surface area contributed by atoms with Crippen molar-refractivity contribution in [2.75, 3.05) is 30.4 Å². The van der Waals surface area contributed by atoms with E-state index >= 15 is 0 Å². The van der Waals surface area contributed by atoms with Crippen LogP contribution in [0.25, 0.3) is 0 Å². The Morgan fingerprint density at radius 3 is 2.65 bits per heavy atom. The van der Waals surface area contributed by atoms with E-state index in [1.165, 1.54) is 51.4 Å². The van der Waals surface area contributed by atoms with Crippen molar-refractivity contribution in [3.63, 3.8) is 0 Å². The maximum absolute atomic E-state index is 9.57. The molecule has 0 aliphatic heterocycles. The zero-order valence-corrected chi connectivity index (χ0v) is 14.2. The molecule has 128 valence electrons. The van der Waals surface area contributed by atoms with Gasteiger partial charge in [0.15, 0.2) is 0 Å². The van der Waals surface area contributed by atoms with Gasteiger partial charge in [0.1, 0.15) is 5.82 Å². The Labute approximate surface area is 139 Å². The molecular formula is C18H30N4O. The van der Waals surface area contributed by atoms with E-state index in [1.54, 1.807) is 0 Å². The van der Waals surface area contributed by atoms with Gasteiger partial charge in [-0.3, -0.25) is 0 Å². The summed E-state index contributed by atoms with van der Waals surface area (Å²) in [5, 5.41) is 13.0. The van der Waals surface area contributed by atoms with Crippen LogP contribution in [0.15, 0.2) is 12.3 Å². The van der Waals surface area contributed by atoms with E-state index < -0.39 is 0 Å². The van der Waals surface area contributed by atoms with Crippen LogP contribution in [0.3, 0.4) is 0 Å². The predicted octanol–water partition coefficient (Wildman–Crippen LogP) is 3.07. The fourth-order valence-electron chi connectivity index (χ4n) is 3.78. The first-order chi connectivity index (χ1) is 11.3. The molecule has 1 atom stereocenters. The molecule has 2 aliphatic carbocycles. The Bertz CT molecular complexity index is 486. The number of nitrogens with one attached hydrogen (secondary N) is 1. The quantitative estimate of drug-likeness (QED) is 0.809. The lowest BCUT2D eigenvalue weighted by atomic mass is 9.76. The van der Waals surface area contributed by atoms with Gasteiger partial charge in [0, 0.05) is 38.4 Å². The monoisotopic (exact) mass is 318 g/mol. The summed E-state index contributed by atoms with van der Waals surface area (Å²) in [7, 11) is 2.11. The van der Waals surface area contributed by atoms with Crippen LogP contribution in [0.5, 0.6) is 0 Å². The molecule has 0 aromatic carbocycles. The fraction of sp³-hybridized carbons (Fsp3) is 0.778.